The Morgan fingerprint density at radius 1 is 1.29 bits per heavy atom. The van der Waals surface area contributed by atoms with Crippen molar-refractivity contribution < 1.29 is 0 Å². The van der Waals surface area contributed by atoms with Crippen LogP contribution in [0.4, 0.5) is 0 Å². The van der Waals surface area contributed by atoms with Crippen molar-refractivity contribution in [3.8, 4) is 11.3 Å². The topological polar surface area (TPSA) is 68.0 Å². The van der Waals surface area contributed by atoms with E-state index in [1.807, 2.05) is 39.0 Å². The second-order valence-electron chi connectivity index (χ2n) is 4.94. The zero-order valence-corrected chi connectivity index (χ0v) is 12.9. The lowest BCUT2D eigenvalue weighted by Gasteiger charge is -2.08. The smallest absolute Gasteiger partial charge is 0.274 e. The molecule has 0 aliphatic heterocycles. The van der Waals surface area contributed by atoms with E-state index in [0.717, 1.165) is 11.1 Å². The maximum Gasteiger partial charge on any atom is 0.281 e. The van der Waals surface area contributed by atoms with Crippen LogP contribution >= 0.6 is 12.2 Å². The summed E-state index contributed by atoms with van der Waals surface area (Å²) in [5.74, 6) is 0.431. The van der Waals surface area contributed by atoms with Crippen LogP contribution in [-0.2, 0) is 6.54 Å². The number of aromatic nitrogens is 5. The van der Waals surface area contributed by atoms with E-state index in [2.05, 4.69) is 15.3 Å². The first-order chi connectivity index (χ1) is 10.0. The summed E-state index contributed by atoms with van der Waals surface area (Å²) in [6.45, 7) is 6.44. The van der Waals surface area contributed by atoms with E-state index in [-0.39, 0.29) is 5.56 Å². The standard InChI is InChI=1S/C14H15N5OS/c1-4-18-12(20)11(10-6-5-8(2)9(3)7-10)17-19-13(18)15-16-14(19)21/h5-7H,4H2,1-3H3,(H,16,21). The first-order valence-corrected chi connectivity index (χ1v) is 7.09. The Kier molecular flexibility index (Phi) is 3.21. The summed E-state index contributed by atoms with van der Waals surface area (Å²) in [6.07, 6.45) is 0. The van der Waals surface area contributed by atoms with E-state index in [4.69, 9.17) is 12.2 Å². The number of hydrogen-bond acceptors (Lipinski definition) is 4. The van der Waals surface area contributed by atoms with Crippen LogP contribution in [0.25, 0.3) is 17.0 Å². The zero-order valence-electron chi connectivity index (χ0n) is 12.0. The van der Waals surface area contributed by atoms with E-state index < -0.39 is 0 Å². The highest BCUT2D eigenvalue weighted by Gasteiger charge is 2.14. The molecule has 7 heteroatoms. The van der Waals surface area contributed by atoms with Crippen molar-refractivity contribution in [2.45, 2.75) is 27.3 Å². The van der Waals surface area contributed by atoms with Crippen molar-refractivity contribution >= 4 is 18.0 Å². The molecule has 0 amide bonds. The molecule has 3 rings (SSSR count). The molecule has 0 bridgehead atoms. The second kappa shape index (κ2) is 4.92. The van der Waals surface area contributed by atoms with Gasteiger partial charge in [-0.05, 0) is 50.2 Å². The fourth-order valence-corrected chi connectivity index (χ4v) is 2.43. The molecular formula is C14H15N5OS. The van der Waals surface area contributed by atoms with Crippen molar-refractivity contribution in [2.75, 3.05) is 0 Å². The van der Waals surface area contributed by atoms with E-state index >= 15 is 0 Å². The van der Waals surface area contributed by atoms with Crippen LogP contribution in [0, 0.1) is 18.6 Å². The molecule has 0 aliphatic carbocycles. The molecule has 0 radical (unpaired) electrons. The molecule has 0 fully saturated rings. The monoisotopic (exact) mass is 301 g/mol. The number of aryl methyl sites for hydroxylation is 3. The lowest BCUT2D eigenvalue weighted by atomic mass is 10.0. The van der Waals surface area contributed by atoms with Crippen LogP contribution in [0.2, 0.25) is 0 Å². The van der Waals surface area contributed by atoms with E-state index in [1.165, 1.54) is 10.1 Å². The van der Waals surface area contributed by atoms with Crippen molar-refractivity contribution in [3.63, 3.8) is 0 Å². The maximum absolute atomic E-state index is 12.6. The molecule has 1 aromatic carbocycles. The number of nitrogens with one attached hydrogen (secondary N) is 1. The van der Waals surface area contributed by atoms with Crippen molar-refractivity contribution in [2.24, 2.45) is 0 Å². The van der Waals surface area contributed by atoms with E-state index in [1.54, 1.807) is 4.57 Å². The second-order valence-corrected chi connectivity index (χ2v) is 5.32. The fourth-order valence-electron chi connectivity index (χ4n) is 2.26. The molecule has 2 heterocycles. The molecule has 0 saturated heterocycles. The van der Waals surface area contributed by atoms with Gasteiger partial charge in [0.05, 0.1) is 0 Å². The normalized spacial score (nSPS) is 11.2. The summed E-state index contributed by atoms with van der Waals surface area (Å²) in [5.41, 5.74) is 3.30. The molecule has 21 heavy (non-hydrogen) atoms. The molecule has 0 unspecified atom stereocenters. The summed E-state index contributed by atoms with van der Waals surface area (Å²) in [4.78, 5) is 12.6. The number of fused-ring (bicyclic) bond motifs is 1. The summed E-state index contributed by atoms with van der Waals surface area (Å²) < 4.78 is 3.42. The van der Waals surface area contributed by atoms with Gasteiger partial charge in [0.1, 0.15) is 0 Å². The molecule has 108 valence electrons. The molecule has 0 atom stereocenters. The Balaban J connectivity index is 2.39. The summed E-state index contributed by atoms with van der Waals surface area (Å²) in [7, 11) is 0. The van der Waals surface area contributed by atoms with E-state index in [9.17, 15) is 4.79 Å². The lowest BCUT2D eigenvalue weighted by molar-refractivity contribution is 0.697. The molecule has 2 aromatic heterocycles. The quantitative estimate of drug-likeness (QED) is 0.737. The van der Waals surface area contributed by atoms with Crippen molar-refractivity contribution in [1.29, 1.82) is 0 Å². The van der Waals surface area contributed by atoms with Gasteiger partial charge in [-0.15, -0.1) is 5.10 Å². The minimum atomic E-state index is -0.165. The van der Waals surface area contributed by atoms with Gasteiger partial charge in [0, 0.05) is 12.1 Å². The van der Waals surface area contributed by atoms with Gasteiger partial charge in [0.15, 0.2) is 5.69 Å². The van der Waals surface area contributed by atoms with Crippen LogP contribution < -0.4 is 5.56 Å². The van der Waals surface area contributed by atoms with Gasteiger partial charge in [0.2, 0.25) is 4.77 Å². The number of rotatable bonds is 2. The van der Waals surface area contributed by atoms with Crippen molar-refractivity contribution in [1.82, 2.24) is 24.4 Å². The minimum absolute atomic E-state index is 0.165. The SMILES string of the molecule is CCn1c(=O)c(-c2ccc(C)c(C)c2)nn2c(=S)[nH]nc12. The Labute approximate surface area is 126 Å². The van der Waals surface area contributed by atoms with Gasteiger partial charge >= 0.3 is 0 Å². The third-order valence-electron chi connectivity index (χ3n) is 3.62. The largest absolute Gasteiger partial charge is 0.281 e. The average molecular weight is 301 g/mol. The minimum Gasteiger partial charge on any atom is -0.274 e. The van der Waals surface area contributed by atoms with Crippen molar-refractivity contribution in [3.05, 3.63) is 44.5 Å². The highest BCUT2D eigenvalue weighted by Crippen LogP contribution is 2.17. The van der Waals surface area contributed by atoms with Gasteiger partial charge in [0.25, 0.3) is 11.3 Å². The van der Waals surface area contributed by atoms with Gasteiger partial charge in [-0.3, -0.25) is 9.36 Å². The Bertz CT molecular complexity index is 950. The Hall–Kier alpha value is -2.28. The highest BCUT2D eigenvalue weighted by molar-refractivity contribution is 7.71. The number of nitrogens with zero attached hydrogens (tertiary/aromatic N) is 4. The van der Waals surface area contributed by atoms with Crippen LogP contribution in [0.3, 0.4) is 0 Å². The number of aromatic amines is 1. The highest BCUT2D eigenvalue weighted by atomic mass is 32.1. The van der Waals surface area contributed by atoms with Gasteiger partial charge < -0.3 is 0 Å². The summed E-state index contributed by atoms with van der Waals surface area (Å²) >= 11 is 5.16. The molecule has 6 nitrogen and oxygen atoms in total. The predicted octanol–water partition coefficient (Wildman–Crippen LogP) is 2.25. The van der Waals surface area contributed by atoms with Crippen LogP contribution in [0.5, 0.6) is 0 Å². The third kappa shape index (κ3) is 2.09. The number of hydrogen-bond donors (Lipinski definition) is 1. The molecular weight excluding hydrogens is 286 g/mol. The lowest BCUT2D eigenvalue weighted by Crippen LogP contribution is -2.25. The van der Waals surface area contributed by atoms with Gasteiger partial charge in [-0.25, -0.2) is 5.10 Å². The molecule has 1 N–H and O–H groups in total. The summed E-state index contributed by atoms with van der Waals surface area (Å²) in [5, 5.41) is 11.1. The fraction of sp³-hybridized carbons (Fsp3) is 0.286. The predicted molar refractivity (Wildman–Crippen MR) is 83.0 cm³/mol. The van der Waals surface area contributed by atoms with Gasteiger partial charge in [-0.1, -0.05) is 12.1 Å². The maximum atomic E-state index is 12.6. The van der Waals surface area contributed by atoms with Gasteiger partial charge in [-0.2, -0.15) is 9.61 Å². The third-order valence-corrected chi connectivity index (χ3v) is 3.88. The average Bonchev–Trinajstić information content (AvgIpc) is 2.83. The van der Waals surface area contributed by atoms with Crippen LogP contribution in [0.1, 0.15) is 18.1 Å². The first kappa shape index (κ1) is 13.7. The summed E-state index contributed by atoms with van der Waals surface area (Å²) in [6, 6.07) is 5.86. The first-order valence-electron chi connectivity index (χ1n) is 6.68. The molecule has 0 saturated carbocycles. The van der Waals surface area contributed by atoms with E-state index in [0.29, 0.717) is 22.8 Å². The molecule has 0 spiro atoms. The molecule has 0 aliphatic rings. The Morgan fingerprint density at radius 3 is 2.71 bits per heavy atom. The number of H-pyrrole nitrogens is 1. The van der Waals surface area contributed by atoms with Crippen LogP contribution in [-0.4, -0.2) is 24.4 Å². The molecule has 3 aromatic rings. The Morgan fingerprint density at radius 2 is 2.05 bits per heavy atom. The van der Waals surface area contributed by atoms with Crippen LogP contribution in [0.15, 0.2) is 23.0 Å². The zero-order chi connectivity index (χ0) is 15.1. The number of benzene rings is 1.